The molecule has 3 aliphatic heterocycles. The van der Waals surface area contributed by atoms with Gasteiger partial charge in [-0.1, -0.05) is 24.3 Å². The molecule has 30 heavy (non-hydrogen) atoms. The molecule has 7 nitrogen and oxygen atoms in total. The molecule has 7 heteroatoms. The third-order valence-electron chi connectivity index (χ3n) is 6.17. The summed E-state index contributed by atoms with van der Waals surface area (Å²) in [6.45, 7) is 5.95. The van der Waals surface area contributed by atoms with E-state index in [4.69, 9.17) is 9.47 Å². The predicted octanol–water partition coefficient (Wildman–Crippen LogP) is 2.74. The summed E-state index contributed by atoms with van der Waals surface area (Å²) >= 11 is 0. The van der Waals surface area contributed by atoms with Gasteiger partial charge in [0.25, 0.3) is 5.91 Å². The molecule has 0 spiro atoms. The van der Waals surface area contributed by atoms with E-state index >= 15 is 0 Å². The normalized spacial score (nSPS) is 23.0. The third kappa shape index (κ3) is 3.34. The molecule has 2 atom stereocenters. The molecule has 0 N–H and O–H groups in total. The van der Waals surface area contributed by atoms with Crippen molar-refractivity contribution in [2.45, 2.75) is 13.0 Å². The van der Waals surface area contributed by atoms with E-state index in [-0.39, 0.29) is 24.7 Å². The van der Waals surface area contributed by atoms with Crippen molar-refractivity contribution in [3.8, 4) is 11.5 Å². The second-order valence-electron chi connectivity index (χ2n) is 8.10. The Balaban J connectivity index is 1.52. The lowest BCUT2D eigenvalue weighted by atomic mass is 9.87. The highest BCUT2D eigenvalue weighted by Gasteiger charge is 2.44. The maximum atomic E-state index is 13.6. The molecule has 0 unspecified atom stereocenters. The number of piperazine rings is 1. The number of para-hydroxylation sites is 1. The Hall–Kier alpha value is -2.90. The molecule has 0 aromatic heterocycles. The summed E-state index contributed by atoms with van der Waals surface area (Å²) in [5.41, 5.74) is 2.70. The first-order valence-electron chi connectivity index (χ1n) is 10.4. The standard InChI is InChI=1S/C23H26N4O3/c1-16-21(23(28)27(24-16)18-6-4-3-5-7-18)22(26-12-10-25(2)11-13-26)17-8-9-19-20(14-17)30-15-29-19/h3-9,14,21-22H,10-13,15H2,1-2H3/t21-,22+/m0/s1. The van der Waals surface area contributed by atoms with E-state index in [1.807, 2.05) is 49.4 Å². The summed E-state index contributed by atoms with van der Waals surface area (Å²) in [6.07, 6.45) is 0. The maximum absolute atomic E-state index is 13.6. The van der Waals surface area contributed by atoms with E-state index in [0.29, 0.717) is 0 Å². The van der Waals surface area contributed by atoms with Crippen LogP contribution in [0.25, 0.3) is 0 Å². The van der Waals surface area contributed by atoms with E-state index in [9.17, 15) is 4.79 Å². The van der Waals surface area contributed by atoms with Crippen molar-refractivity contribution < 1.29 is 14.3 Å². The van der Waals surface area contributed by atoms with Gasteiger partial charge < -0.3 is 14.4 Å². The van der Waals surface area contributed by atoms with Crippen LogP contribution < -0.4 is 14.5 Å². The summed E-state index contributed by atoms with van der Waals surface area (Å²) in [5.74, 6) is 1.17. The molecule has 2 aromatic rings. The van der Waals surface area contributed by atoms with E-state index in [1.54, 1.807) is 5.01 Å². The fourth-order valence-corrected chi connectivity index (χ4v) is 4.51. The first-order valence-corrected chi connectivity index (χ1v) is 10.4. The number of amides is 1. The Morgan fingerprint density at radius 1 is 1.00 bits per heavy atom. The third-order valence-corrected chi connectivity index (χ3v) is 6.17. The number of rotatable bonds is 4. The van der Waals surface area contributed by atoms with Crippen LogP contribution in [0.1, 0.15) is 18.5 Å². The molecule has 156 valence electrons. The predicted molar refractivity (Wildman–Crippen MR) is 115 cm³/mol. The molecular weight excluding hydrogens is 380 g/mol. The van der Waals surface area contributed by atoms with Crippen molar-refractivity contribution in [3.05, 3.63) is 54.1 Å². The van der Waals surface area contributed by atoms with Crippen LogP contribution in [-0.2, 0) is 4.79 Å². The van der Waals surface area contributed by atoms with Crippen molar-refractivity contribution in [2.75, 3.05) is 45.0 Å². The Morgan fingerprint density at radius 3 is 2.50 bits per heavy atom. The van der Waals surface area contributed by atoms with Crippen LogP contribution in [-0.4, -0.2) is 61.4 Å². The van der Waals surface area contributed by atoms with Crippen molar-refractivity contribution in [3.63, 3.8) is 0 Å². The minimum Gasteiger partial charge on any atom is -0.454 e. The molecular formula is C23H26N4O3. The minimum atomic E-state index is -0.339. The lowest BCUT2D eigenvalue weighted by Gasteiger charge is -2.40. The van der Waals surface area contributed by atoms with E-state index in [0.717, 1.165) is 54.6 Å². The van der Waals surface area contributed by atoms with Crippen molar-refractivity contribution in [1.82, 2.24) is 9.80 Å². The van der Waals surface area contributed by atoms with Crippen LogP contribution in [0.3, 0.4) is 0 Å². The second-order valence-corrected chi connectivity index (χ2v) is 8.10. The number of carbonyl (C=O) groups excluding carboxylic acids is 1. The molecule has 3 heterocycles. The lowest BCUT2D eigenvalue weighted by Crippen LogP contribution is -2.49. The van der Waals surface area contributed by atoms with Gasteiger partial charge in [-0.2, -0.15) is 5.10 Å². The zero-order chi connectivity index (χ0) is 20.7. The van der Waals surface area contributed by atoms with Gasteiger partial charge in [-0.15, -0.1) is 0 Å². The topological polar surface area (TPSA) is 57.6 Å². The summed E-state index contributed by atoms with van der Waals surface area (Å²) in [4.78, 5) is 18.3. The van der Waals surface area contributed by atoms with E-state index in [1.165, 1.54) is 0 Å². The van der Waals surface area contributed by atoms with Gasteiger partial charge in [0, 0.05) is 26.2 Å². The van der Waals surface area contributed by atoms with E-state index in [2.05, 4.69) is 28.0 Å². The Morgan fingerprint density at radius 2 is 1.73 bits per heavy atom. The number of carbonyl (C=O) groups is 1. The van der Waals surface area contributed by atoms with Gasteiger partial charge in [0.2, 0.25) is 6.79 Å². The van der Waals surface area contributed by atoms with Gasteiger partial charge in [0.1, 0.15) is 0 Å². The number of benzene rings is 2. The number of anilines is 1. The maximum Gasteiger partial charge on any atom is 0.258 e. The largest absolute Gasteiger partial charge is 0.454 e. The van der Waals surface area contributed by atoms with Crippen LogP contribution >= 0.6 is 0 Å². The van der Waals surface area contributed by atoms with Gasteiger partial charge in [-0.05, 0) is 43.8 Å². The molecule has 3 aliphatic rings. The van der Waals surface area contributed by atoms with Crippen LogP contribution in [0.2, 0.25) is 0 Å². The van der Waals surface area contributed by atoms with Crippen molar-refractivity contribution >= 4 is 17.3 Å². The number of nitrogens with zero attached hydrogens (tertiary/aromatic N) is 4. The molecule has 1 saturated heterocycles. The van der Waals surface area contributed by atoms with Crippen LogP contribution in [0.15, 0.2) is 53.6 Å². The SMILES string of the molecule is CC1=NN(c2ccccc2)C(=O)[C@@H]1[C@@H](c1ccc2c(c1)OCO2)N1CCN(C)CC1. The zero-order valence-electron chi connectivity index (χ0n) is 17.3. The Bertz CT molecular complexity index is 970. The first-order chi connectivity index (χ1) is 14.6. The van der Waals surface area contributed by atoms with Gasteiger partial charge in [0.15, 0.2) is 11.5 Å². The molecule has 0 aliphatic carbocycles. The summed E-state index contributed by atoms with van der Waals surface area (Å²) < 4.78 is 11.1. The zero-order valence-corrected chi connectivity index (χ0v) is 17.3. The summed E-state index contributed by atoms with van der Waals surface area (Å²) in [7, 11) is 2.14. The van der Waals surface area contributed by atoms with Crippen molar-refractivity contribution in [1.29, 1.82) is 0 Å². The average molecular weight is 406 g/mol. The number of fused-ring (bicyclic) bond motifs is 1. The number of ether oxygens (including phenoxy) is 2. The molecule has 1 fully saturated rings. The van der Waals surface area contributed by atoms with Crippen molar-refractivity contribution in [2.24, 2.45) is 11.0 Å². The Labute approximate surface area is 176 Å². The van der Waals surface area contributed by atoms with Gasteiger partial charge in [-0.3, -0.25) is 9.69 Å². The van der Waals surface area contributed by atoms with Gasteiger partial charge >= 0.3 is 0 Å². The minimum absolute atomic E-state index is 0.0142. The Kier molecular flexibility index (Phi) is 4.92. The van der Waals surface area contributed by atoms with Crippen LogP contribution in [0.4, 0.5) is 5.69 Å². The molecule has 0 bridgehead atoms. The number of hydrazone groups is 1. The van der Waals surface area contributed by atoms with Gasteiger partial charge in [-0.25, -0.2) is 5.01 Å². The smallest absolute Gasteiger partial charge is 0.258 e. The second kappa shape index (κ2) is 7.74. The quantitative estimate of drug-likeness (QED) is 0.782. The highest BCUT2D eigenvalue weighted by molar-refractivity contribution is 6.15. The average Bonchev–Trinajstić information content (AvgIpc) is 3.35. The van der Waals surface area contributed by atoms with E-state index < -0.39 is 0 Å². The highest BCUT2D eigenvalue weighted by Crippen LogP contribution is 2.41. The summed E-state index contributed by atoms with van der Waals surface area (Å²) in [5, 5.41) is 6.21. The fourth-order valence-electron chi connectivity index (χ4n) is 4.51. The molecule has 0 radical (unpaired) electrons. The van der Waals surface area contributed by atoms with Gasteiger partial charge in [0.05, 0.1) is 23.4 Å². The number of likely N-dealkylation sites (N-methyl/N-ethyl adjacent to an activating group) is 1. The molecule has 2 aromatic carbocycles. The fraction of sp³-hybridized carbons (Fsp3) is 0.391. The molecule has 5 rings (SSSR count). The lowest BCUT2D eigenvalue weighted by molar-refractivity contribution is -0.121. The number of hydrogen-bond acceptors (Lipinski definition) is 6. The first kappa shape index (κ1) is 19.1. The van der Waals surface area contributed by atoms with Crippen LogP contribution in [0, 0.1) is 5.92 Å². The monoisotopic (exact) mass is 406 g/mol. The summed E-state index contributed by atoms with van der Waals surface area (Å²) in [6, 6.07) is 15.6. The highest BCUT2D eigenvalue weighted by atomic mass is 16.7. The number of hydrogen-bond donors (Lipinski definition) is 0. The van der Waals surface area contributed by atoms with Crippen LogP contribution in [0.5, 0.6) is 11.5 Å². The molecule has 1 amide bonds. The molecule has 0 saturated carbocycles.